The minimum Gasteiger partial charge on any atom is -0.310 e. The van der Waals surface area contributed by atoms with Crippen molar-refractivity contribution in [3.05, 3.63) is 161 Å². The lowest BCUT2D eigenvalue weighted by Gasteiger charge is -2.34. The SMILES string of the molecule is CC1(C)c2ccccc2-c2ccc(N(c3cccc4c3Cc3ccccc3-4)c3cccc4c3C(C)(C)c3ccccc3-4)cc21. The molecule has 0 atom stereocenters. The smallest absolute Gasteiger partial charge is 0.0508 e. The Morgan fingerprint density at radius 3 is 1.80 bits per heavy atom. The highest BCUT2D eigenvalue weighted by atomic mass is 15.1. The van der Waals surface area contributed by atoms with Gasteiger partial charge in [-0.3, -0.25) is 0 Å². The van der Waals surface area contributed by atoms with Gasteiger partial charge in [-0.1, -0.05) is 131 Å². The number of anilines is 3. The third kappa shape index (κ3) is 3.30. The van der Waals surface area contributed by atoms with Crippen LogP contribution in [0.15, 0.2) is 127 Å². The van der Waals surface area contributed by atoms with Crippen molar-refractivity contribution in [2.24, 2.45) is 0 Å². The van der Waals surface area contributed by atoms with E-state index in [9.17, 15) is 0 Å². The first kappa shape index (κ1) is 25.6. The molecule has 0 N–H and O–H groups in total. The van der Waals surface area contributed by atoms with Crippen molar-refractivity contribution in [3.8, 4) is 33.4 Å². The summed E-state index contributed by atoms with van der Waals surface area (Å²) in [5.41, 5.74) is 20.1. The number of hydrogen-bond acceptors (Lipinski definition) is 1. The minimum atomic E-state index is -0.131. The molecule has 9 rings (SSSR count). The summed E-state index contributed by atoms with van der Waals surface area (Å²) in [7, 11) is 0. The molecule has 3 aliphatic rings. The Bertz CT molecular complexity index is 2160. The molecule has 1 nitrogen and oxygen atoms in total. The topological polar surface area (TPSA) is 3.24 Å². The van der Waals surface area contributed by atoms with Crippen LogP contribution in [0.4, 0.5) is 17.1 Å². The number of fused-ring (bicyclic) bond motifs is 9. The summed E-state index contributed by atoms with van der Waals surface area (Å²) >= 11 is 0. The van der Waals surface area contributed by atoms with Gasteiger partial charge in [0.2, 0.25) is 0 Å². The molecule has 6 aromatic rings. The van der Waals surface area contributed by atoms with Crippen LogP contribution in [0.3, 0.4) is 0 Å². The number of nitrogens with zero attached hydrogens (tertiary/aromatic N) is 1. The zero-order chi connectivity index (χ0) is 29.8. The molecule has 212 valence electrons. The van der Waals surface area contributed by atoms with Gasteiger partial charge in [0.15, 0.2) is 0 Å². The molecule has 0 radical (unpaired) electrons. The first-order chi connectivity index (χ1) is 21.4. The Labute approximate surface area is 260 Å². The standard InChI is InChI=1S/C43H35N/c1-42(2)36-19-9-7-15-31(36)33-24-23-28(26-38(33)42)44(39-21-11-17-30-29-14-6-5-13-27(29)25-35(30)39)40-22-12-18-34-32-16-8-10-20-37(32)43(3,4)41(34)40/h5-24,26H,25H2,1-4H3. The van der Waals surface area contributed by atoms with Gasteiger partial charge in [0.05, 0.1) is 11.4 Å². The van der Waals surface area contributed by atoms with E-state index in [-0.39, 0.29) is 10.8 Å². The molecule has 6 aromatic carbocycles. The molecule has 0 amide bonds. The van der Waals surface area contributed by atoms with Crippen molar-refractivity contribution in [1.29, 1.82) is 0 Å². The van der Waals surface area contributed by atoms with Crippen molar-refractivity contribution >= 4 is 17.1 Å². The molecule has 0 aliphatic heterocycles. The van der Waals surface area contributed by atoms with Crippen LogP contribution in [-0.2, 0) is 17.3 Å². The van der Waals surface area contributed by atoms with E-state index in [0.29, 0.717) is 0 Å². The van der Waals surface area contributed by atoms with E-state index in [1.165, 1.54) is 83.8 Å². The van der Waals surface area contributed by atoms with Crippen LogP contribution in [0.25, 0.3) is 33.4 Å². The summed E-state index contributed by atoms with van der Waals surface area (Å²) in [5.74, 6) is 0. The summed E-state index contributed by atoms with van der Waals surface area (Å²) in [4.78, 5) is 2.58. The Morgan fingerprint density at radius 1 is 0.455 bits per heavy atom. The lowest BCUT2D eigenvalue weighted by Crippen LogP contribution is -2.22. The fourth-order valence-electron chi connectivity index (χ4n) is 8.59. The van der Waals surface area contributed by atoms with Crippen molar-refractivity contribution in [2.75, 3.05) is 4.90 Å². The summed E-state index contributed by atoms with van der Waals surface area (Å²) in [6.45, 7) is 9.55. The summed E-state index contributed by atoms with van der Waals surface area (Å²) < 4.78 is 0. The van der Waals surface area contributed by atoms with Gasteiger partial charge in [-0.15, -0.1) is 0 Å². The van der Waals surface area contributed by atoms with E-state index in [2.05, 4.69) is 160 Å². The Morgan fingerprint density at radius 2 is 1.02 bits per heavy atom. The molecular formula is C43H35N. The molecule has 0 saturated heterocycles. The zero-order valence-corrected chi connectivity index (χ0v) is 25.8. The first-order valence-electron chi connectivity index (χ1n) is 15.8. The lowest BCUT2D eigenvalue weighted by atomic mass is 9.81. The van der Waals surface area contributed by atoms with Crippen LogP contribution in [0, 0.1) is 0 Å². The van der Waals surface area contributed by atoms with Crippen LogP contribution in [0.2, 0.25) is 0 Å². The van der Waals surface area contributed by atoms with Crippen molar-refractivity contribution in [2.45, 2.75) is 44.9 Å². The largest absolute Gasteiger partial charge is 0.310 e. The molecule has 0 fully saturated rings. The first-order valence-corrected chi connectivity index (χ1v) is 15.8. The minimum absolute atomic E-state index is 0.0728. The Kier molecular flexibility index (Phi) is 5.14. The van der Waals surface area contributed by atoms with Crippen LogP contribution >= 0.6 is 0 Å². The third-order valence-corrected chi connectivity index (χ3v) is 10.7. The van der Waals surface area contributed by atoms with Crippen molar-refractivity contribution < 1.29 is 0 Å². The highest BCUT2D eigenvalue weighted by molar-refractivity contribution is 5.94. The molecule has 0 heterocycles. The summed E-state index contributed by atoms with van der Waals surface area (Å²) in [6.07, 6.45) is 0.943. The predicted molar refractivity (Wildman–Crippen MR) is 184 cm³/mol. The monoisotopic (exact) mass is 565 g/mol. The second-order valence-corrected chi connectivity index (χ2v) is 13.7. The van der Waals surface area contributed by atoms with E-state index in [4.69, 9.17) is 0 Å². The fourth-order valence-corrected chi connectivity index (χ4v) is 8.59. The van der Waals surface area contributed by atoms with Crippen LogP contribution in [0.5, 0.6) is 0 Å². The Balaban J connectivity index is 1.32. The average molecular weight is 566 g/mol. The van der Waals surface area contributed by atoms with Crippen molar-refractivity contribution in [1.82, 2.24) is 0 Å². The van der Waals surface area contributed by atoms with Crippen LogP contribution in [0.1, 0.15) is 61.1 Å². The molecule has 0 aromatic heterocycles. The van der Waals surface area contributed by atoms with Gasteiger partial charge in [0, 0.05) is 22.9 Å². The zero-order valence-electron chi connectivity index (χ0n) is 25.8. The van der Waals surface area contributed by atoms with Crippen molar-refractivity contribution in [3.63, 3.8) is 0 Å². The average Bonchev–Trinajstić information content (AvgIpc) is 3.62. The van der Waals surface area contributed by atoms with E-state index in [1.54, 1.807) is 0 Å². The van der Waals surface area contributed by atoms with Crippen LogP contribution < -0.4 is 4.90 Å². The molecule has 1 heteroatoms. The highest BCUT2D eigenvalue weighted by Crippen LogP contribution is 2.56. The molecule has 44 heavy (non-hydrogen) atoms. The molecule has 0 saturated carbocycles. The maximum Gasteiger partial charge on any atom is 0.0508 e. The third-order valence-electron chi connectivity index (χ3n) is 10.7. The quantitative estimate of drug-likeness (QED) is 0.206. The van der Waals surface area contributed by atoms with E-state index >= 15 is 0 Å². The highest BCUT2D eigenvalue weighted by Gasteiger charge is 2.40. The fraction of sp³-hybridized carbons (Fsp3) is 0.163. The Hall–Kier alpha value is -4.88. The maximum absolute atomic E-state index is 2.58. The molecule has 0 unspecified atom stereocenters. The van der Waals surface area contributed by atoms with Gasteiger partial charge in [-0.2, -0.15) is 0 Å². The number of rotatable bonds is 3. The summed E-state index contributed by atoms with van der Waals surface area (Å²) in [5, 5.41) is 0. The predicted octanol–water partition coefficient (Wildman–Crippen LogP) is 11.3. The van der Waals surface area contributed by atoms with Gasteiger partial charge in [0.25, 0.3) is 0 Å². The van der Waals surface area contributed by atoms with E-state index < -0.39 is 0 Å². The van der Waals surface area contributed by atoms with Gasteiger partial charge in [0.1, 0.15) is 0 Å². The van der Waals surface area contributed by atoms with Gasteiger partial charge in [-0.05, 0) is 91.0 Å². The second-order valence-electron chi connectivity index (χ2n) is 13.7. The maximum atomic E-state index is 2.58. The van der Waals surface area contributed by atoms with Gasteiger partial charge < -0.3 is 4.90 Å². The molecule has 0 bridgehead atoms. The van der Waals surface area contributed by atoms with Gasteiger partial charge in [-0.25, -0.2) is 0 Å². The second kappa shape index (κ2) is 8.83. The van der Waals surface area contributed by atoms with Crippen LogP contribution in [-0.4, -0.2) is 0 Å². The lowest BCUT2D eigenvalue weighted by molar-refractivity contribution is 0.658. The molecule has 0 spiro atoms. The van der Waals surface area contributed by atoms with Gasteiger partial charge >= 0.3 is 0 Å². The summed E-state index contributed by atoms with van der Waals surface area (Å²) in [6, 6.07) is 47.8. The number of hydrogen-bond donors (Lipinski definition) is 0. The number of benzene rings is 6. The normalized spacial score (nSPS) is 15.5. The van der Waals surface area contributed by atoms with E-state index in [1.807, 2.05) is 0 Å². The molecule has 3 aliphatic carbocycles. The van der Waals surface area contributed by atoms with E-state index in [0.717, 1.165) is 6.42 Å². The molecular weight excluding hydrogens is 530 g/mol.